The average molecular weight is 955 g/mol. The van der Waals surface area contributed by atoms with Crippen LogP contribution >= 0.6 is 0 Å². The fourth-order valence-electron chi connectivity index (χ4n) is 7.75. The first-order valence-electron chi connectivity index (χ1n) is 25.7. The number of ether oxygens (including phenoxy) is 6. The van der Waals surface area contributed by atoms with Crippen LogP contribution in [0.15, 0.2) is 48.6 Å². The molecule has 15 nitrogen and oxygen atoms in total. The number of hydrogen-bond acceptors (Lipinski definition) is 15. The van der Waals surface area contributed by atoms with Crippen LogP contribution in [0.3, 0.4) is 0 Å². The van der Waals surface area contributed by atoms with Crippen molar-refractivity contribution in [1.29, 1.82) is 0 Å². The second-order valence-corrected chi connectivity index (χ2v) is 18.0. The molecule has 2 saturated heterocycles. The van der Waals surface area contributed by atoms with E-state index in [1.54, 1.807) is 0 Å². The Labute approximate surface area is 401 Å². The second kappa shape index (κ2) is 39.2. The van der Waals surface area contributed by atoms with Gasteiger partial charge in [0.1, 0.15) is 55.4 Å². The third-order valence-corrected chi connectivity index (χ3v) is 12.0. The van der Waals surface area contributed by atoms with E-state index in [1.807, 2.05) is 0 Å². The first-order chi connectivity index (χ1) is 32.5. The van der Waals surface area contributed by atoms with Crippen molar-refractivity contribution in [2.45, 2.75) is 242 Å². The molecule has 7 N–H and O–H groups in total. The molecule has 0 amide bonds. The summed E-state index contributed by atoms with van der Waals surface area (Å²) in [5.41, 5.74) is 0. The Morgan fingerprint density at radius 3 is 1.42 bits per heavy atom. The molecule has 0 aromatic heterocycles. The van der Waals surface area contributed by atoms with Crippen molar-refractivity contribution in [3.63, 3.8) is 0 Å². The lowest BCUT2D eigenvalue weighted by Crippen LogP contribution is -2.61. The molecule has 11 atom stereocenters. The van der Waals surface area contributed by atoms with Gasteiger partial charge in [-0.2, -0.15) is 0 Å². The molecule has 2 aliphatic heterocycles. The zero-order chi connectivity index (χ0) is 48.9. The lowest BCUT2D eigenvalue weighted by molar-refractivity contribution is -0.332. The molecule has 2 aliphatic rings. The van der Waals surface area contributed by atoms with Gasteiger partial charge in [0.2, 0.25) is 0 Å². The van der Waals surface area contributed by atoms with Gasteiger partial charge in [-0.1, -0.05) is 133 Å². The molecule has 388 valence electrons. The Hall–Kier alpha value is -2.54. The van der Waals surface area contributed by atoms with Crippen molar-refractivity contribution in [1.82, 2.24) is 0 Å². The number of allylic oxidation sites excluding steroid dienone is 8. The number of esters is 2. The van der Waals surface area contributed by atoms with Crippen LogP contribution in [0.4, 0.5) is 0 Å². The van der Waals surface area contributed by atoms with Crippen LogP contribution in [0.1, 0.15) is 174 Å². The third kappa shape index (κ3) is 27.4. The predicted molar refractivity (Wildman–Crippen MR) is 257 cm³/mol. The summed E-state index contributed by atoms with van der Waals surface area (Å²) >= 11 is 0. The van der Waals surface area contributed by atoms with Gasteiger partial charge in [-0.3, -0.25) is 9.59 Å². The van der Waals surface area contributed by atoms with E-state index in [9.17, 15) is 45.3 Å². The van der Waals surface area contributed by atoms with Crippen LogP contribution in [0.5, 0.6) is 0 Å². The number of carbonyl (C=O) groups is 2. The molecule has 11 unspecified atom stereocenters. The third-order valence-electron chi connectivity index (χ3n) is 12.0. The fourth-order valence-corrected chi connectivity index (χ4v) is 7.75. The maximum Gasteiger partial charge on any atom is 0.306 e. The van der Waals surface area contributed by atoms with E-state index in [0.29, 0.717) is 12.8 Å². The van der Waals surface area contributed by atoms with E-state index < -0.39 is 99.3 Å². The van der Waals surface area contributed by atoms with E-state index in [1.165, 1.54) is 44.9 Å². The van der Waals surface area contributed by atoms with Crippen molar-refractivity contribution in [2.75, 3.05) is 26.4 Å². The molecule has 2 heterocycles. The normalized spacial score (nSPS) is 26.3. The zero-order valence-electron chi connectivity index (χ0n) is 40.9. The van der Waals surface area contributed by atoms with Crippen molar-refractivity contribution in [3.8, 4) is 0 Å². The van der Waals surface area contributed by atoms with Crippen LogP contribution in [0.25, 0.3) is 0 Å². The molecule has 15 heteroatoms. The standard InChI is InChI=1S/C52H90O15/c1-3-5-7-9-11-13-15-17-18-19-20-21-22-23-25-27-29-31-33-35-44(55)65-40(37-62-43(54)34-32-30-28-26-24-16-14-12-10-8-6-4-2)38-63-51-50(61)48(59)46(57)42(67-51)39-64-52-49(60)47(58)45(56)41(36-53)66-52/h11-14,17-18,20-21,40-42,45-53,56-61H,3-10,15-16,19,22-39H2,1-2H3/b13-11-,14-12-,18-17-,21-20-. The minimum atomic E-state index is -1.77. The van der Waals surface area contributed by atoms with Gasteiger partial charge in [-0.05, 0) is 77.0 Å². The highest BCUT2D eigenvalue weighted by Crippen LogP contribution is 2.26. The molecular weight excluding hydrogens is 865 g/mol. The molecule has 0 saturated carbocycles. The van der Waals surface area contributed by atoms with Crippen LogP contribution < -0.4 is 0 Å². The van der Waals surface area contributed by atoms with Gasteiger partial charge in [0, 0.05) is 12.8 Å². The fraction of sp³-hybridized carbons (Fsp3) is 0.808. The summed E-state index contributed by atoms with van der Waals surface area (Å²) in [5, 5.41) is 72.0. The van der Waals surface area contributed by atoms with Crippen molar-refractivity contribution in [3.05, 3.63) is 48.6 Å². The second-order valence-electron chi connectivity index (χ2n) is 18.0. The Kier molecular flexibility index (Phi) is 35.5. The molecule has 0 aromatic carbocycles. The molecule has 2 fully saturated rings. The molecule has 0 aliphatic carbocycles. The van der Waals surface area contributed by atoms with Gasteiger partial charge in [0.05, 0.1) is 19.8 Å². The average Bonchev–Trinajstić information content (AvgIpc) is 3.32. The van der Waals surface area contributed by atoms with Gasteiger partial charge in [0.15, 0.2) is 18.7 Å². The van der Waals surface area contributed by atoms with E-state index in [0.717, 1.165) is 89.9 Å². The minimum absolute atomic E-state index is 0.148. The van der Waals surface area contributed by atoms with Gasteiger partial charge >= 0.3 is 11.9 Å². The first kappa shape index (κ1) is 60.6. The quantitative estimate of drug-likeness (QED) is 0.0185. The van der Waals surface area contributed by atoms with E-state index in [4.69, 9.17) is 28.4 Å². The van der Waals surface area contributed by atoms with Crippen molar-refractivity contribution >= 4 is 11.9 Å². The number of unbranched alkanes of at least 4 members (excludes halogenated alkanes) is 17. The van der Waals surface area contributed by atoms with E-state index in [2.05, 4.69) is 62.5 Å². The van der Waals surface area contributed by atoms with E-state index >= 15 is 0 Å². The van der Waals surface area contributed by atoms with Crippen molar-refractivity contribution < 1.29 is 73.8 Å². The maximum absolute atomic E-state index is 13.0. The number of hydrogen-bond donors (Lipinski definition) is 7. The number of rotatable bonds is 39. The Morgan fingerprint density at radius 2 is 0.896 bits per heavy atom. The number of aliphatic hydroxyl groups is 7. The predicted octanol–water partition coefficient (Wildman–Crippen LogP) is 7.10. The molecule has 0 bridgehead atoms. The lowest BCUT2D eigenvalue weighted by atomic mass is 9.98. The molecule has 2 rings (SSSR count). The smallest absolute Gasteiger partial charge is 0.306 e. The Balaban J connectivity index is 1.81. The largest absolute Gasteiger partial charge is 0.462 e. The summed E-state index contributed by atoms with van der Waals surface area (Å²) in [6.45, 7) is 2.51. The van der Waals surface area contributed by atoms with Crippen LogP contribution in [-0.4, -0.2) is 142 Å². The highest BCUT2D eigenvalue weighted by atomic mass is 16.7. The van der Waals surface area contributed by atoms with Crippen molar-refractivity contribution in [2.24, 2.45) is 0 Å². The molecule has 0 aromatic rings. The summed E-state index contributed by atoms with van der Waals surface area (Å²) < 4.78 is 33.5. The molecule has 67 heavy (non-hydrogen) atoms. The van der Waals surface area contributed by atoms with Gasteiger partial charge in [-0.15, -0.1) is 0 Å². The SMILES string of the molecule is CCCCC/C=C\C/C=C\C/C=C\CCCCCCCCC(=O)OC(COC(=O)CCCCCCC/C=C\CCCCC)COC1OC(COC2OC(CO)C(O)C(O)C2O)C(O)C(O)C1O. The van der Waals surface area contributed by atoms with Crippen LogP contribution in [0, 0.1) is 0 Å². The topological polar surface area (TPSA) is 231 Å². The Bertz CT molecular complexity index is 1350. The van der Waals surface area contributed by atoms with Gasteiger partial charge in [-0.25, -0.2) is 0 Å². The van der Waals surface area contributed by atoms with E-state index in [-0.39, 0.29) is 19.4 Å². The Morgan fingerprint density at radius 1 is 0.478 bits per heavy atom. The van der Waals surface area contributed by atoms with Gasteiger partial charge in [0.25, 0.3) is 0 Å². The summed E-state index contributed by atoms with van der Waals surface area (Å²) in [7, 11) is 0. The molecule has 0 spiro atoms. The molecular formula is C52H90O15. The first-order valence-corrected chi connectivity index (χ1v) is 25.7. The lowest BCUT2D eigenvalue weighted by Gasteiger charge is -2.42. The van der Waals surface area contributed by atoms with Crippen LogP contribution in [0.2, 0.25) is 0 Å². The maximum atomic E-state index is 13.0. The highest BCUT2D eigenvalue weighted by Gasteiger charge is 2.47. The number of aliphatic hydroxyl groups excluding tert-OH is 7. The van der Waals surface area contributed by atoms with Gasteiger partial charge < -0.3 is 64.2 Å². The van der Waals surface area contributed by atoms with Crippen LogP contribution in [-0.2, 0) is 38.0 Å². The summed E-state index contributed by atoms with van der Waals surface area (Å²) in [6.07, 6.45) is 25.6. The summed E-state index contributed by atoms with van der Waals surface area (Å²) in [5.74, 6) is -0.952. The molecule has 0 radical (unpaired) electrons. The highest BCUT2D eigenvalue weighted by molar-refractivity contribution is 5.70. The zero-order valence-corrected chi connectivity index (χ0v) is 40.9. The summed E-state index contributed by atoms with van der Waals surface area (Å²) in [6, 6.07) is 0. The monoisotopic (exact) mass is 955 g/mol. The number of carbonyl (C=O) groups excluding carboxylic acids is 2. The summed E-state index contributed by atoms with van der Waals surface area (Å²) in [4.78, 5) is 25.7. The minimum Gasteiger partial charge on any atom is -0.462 e.